The van der Waals surface area contributed by atoms with E-state index in [0.717, 1.165) is 16.7 Å². The molecule has 5 amide bonds. The number of fused-ring (bicyclic) bond motifs is 1. The molecule has 5 N–H and O–H groups in total. The van der Waals surface area contributed by atoms with Gasteiger partial charge in [0.1, 0.15) is 6.04 Å². The van der Waals surface area contributed by atoms with Crippen molar-refractivity contribution in [2.45, 2.75) is 38.4 Å². The van der Waals surface area contributed by atoms with E-state index in [4.69, 9.17) is 55.2 Å². The Morgan fingerprint density at radius 2 is 1.26 bits per heavy atom. The number of rotatable bonds is 30. The van der Waals surface area contributed by atoms with E-state index in [1.165, 1.54) is 4.90 Å². The van der Waals surface area contributed by atoms with Crippen LogP contribution in [0, 0.1) is 0 Å². The van der Waals surface area contributed by atoms with Gasteiger partial charge < -0.3 is 59.2 Å². The third-order valence-corrected chi connectivity index (χ3v) is 8.88. The van der Waals surface area contributed by atoms with Gasteiger partial charge in [-0.1, -0.05) is 23.7 Å². The molecule has 1 unspecified atom stereocenters. The van der Waals surface area contributed by atoms with Crippen LogP contribution < -0.4 is 21.7 Å². The summed E-state index contributed by atoms with van der Waals surface area (Å²) in [7, 11) is 0. The van der Waals surface area contributed by atoms with Gasteiger partial charge in [-0.2, -0.15) is 0 Å². The Morgan fingerprint density at radius 3 is 1.81 bits per heavy atom. The van der Waals surface area contributed by atoms with E-state index < -0.39 is 18.0 Å². The molecule has 0 radical (unpaired) electrons. The zero-order valence-electron chi connectivity index (χ0n) is 32.4. The number of nitrogens with zero attached hydrogens (tertiary/aromatic N) is 1. The van der Waals surface area contributed by atoms with Crippen molar-refractivity contribution in [3.63, 3.8) is 0 Å². The summed E-state index contributed by atoms with van der Waals surface area (Å²) in [5.74, 6) is -1.03. The van der Waals surface area contributed by atoms with Crippen LogP contribution in [0.15, 0.2) is 36.4 Å². The first-order chi connectivity index (χ1) is 27.8. The molecule has 2 heterocycles. The zero-order chi connectivity index (χ0) is 40.5. The molecule has 316 valence electrons. The summed E-state index contributed by atoms with van der Waals surface area (Å²) in [6.45, 7) is 8.68. The smallest absolute Gasteiger partial charge is 0.319 e. The predicted molar refractivity (Wildman–Crippen MR) is 209 cm³/mol. The third kappa shape index (κ3) is 17.7. The molecule has 17 nitrogen and oxygen atoms in total. The summed E-state index contributed by atoms with van der Waals surface area (Å²) in [5, 5.41) is 8.43. The summed E-state index contributed by atoms with van der Waals surface area (Å²) in [6.07, 6.45) is 1.08. The van der Waals surface area contributed by atoms with Crippen LogP contribution in [0.4, 0.5) is 10.5 Å². The average Bonchev–Trinajstić information content (AvgIpc) is 3.51. The number of hydrogen-bond acceptors (Lipinski definition) is 13. The molecule has 57 heavy (non-hydrogen) atoms. The van der Waals surface area contributed by atoms with E-state index in [9.17, 15) is 19.2 Å². The van der Waals surface area contributed by atoms with Crippen molar-refractivity contribution in [3.8, 4) is 0 Å². The van der Waals surface area contributed by atoms with Crippen molar-refractivity contribution in [1.29, 1.82) is 0 Å². The first-order valence-corrected chi connectivity index (χ1v) is 19.6. The number of nitrogens with one attached hydrogen (secondary N) is 3. The third-order valence-electron chi connectivity index (χ3n) is 8.66. The Morgan fingerprint density at radius 1 is 0.719 bits per heavy atom. The first-order valence-electron chi connectivity index (χ1n) is 19.3. The molecule has 0 aliphatic carbocycles. The second-order valence-electron chi connectivity index (χ2n) is 13.0. The molecule has 2 aliphatic rings. The number of ether oxygens (including phenoxy) is 8. The van der Waals surface area contributed by atoms with Crippen molar-refractivity contribution >= 4 is 41.0 Å². The Hall–Kier alpha value is -3.75. The summed E-state index contributed by atoms with van der Waals surface area (Å²) in [4.78, 5) is 51.0. The molecule has 2 aromatic rings. The Bertz CT molecular complexity index is 1550. The topological polar surface area (TPSA) is 207 Å². The molecule has 1 fully saturated rings. The molecule has 0 spiro atoms. The number of piperidine rings is 1. The number of halogens is 1. The largest absolute Gasteiger partial charge is 0.379 e. The van der Waals surface area contributed by atoms with E-state index in [1.54, 1.807) is 18.2 Å². The minimum Gasteiger partial charge on any atom is -0.379 e. The van der Waals surface area contributed by atoms with E-state index in [0.29, 0.717) is 141 Å². The van der Waals surface area contributed by atoms with Crippen LogP contribution in [-0.4, -0.2) is 147 Å². The van der Waals surface area contributed by atoms with E-state index >= 15 is 0 Å². The summed E-state index contributed by atoms with van der Waals surface area (Å²) in [5.41, 5.74) is 8.85. The maximum atomic E-state index is 12.9. The van der Waals surface area contributed by atoms with Gasteiger partial charge in [-0.3, -0.25) is 19.7 Å². The lowest BCUT2D eigenvalue weighted by atomic mass is 10.0. The van der Waals surface area contributed by atoms with Crippen LogP contribution in [0.3, 0.4) is 0 Å². The van der Waals surface area contributed by atoms with Crippen molar-refractivity contribution in [3.05, 3.63) is 63.7 Å². The number of imide groups is 1. The molecule has 1 atom stereocenters. The molecule has 2 aromatic carbocycles. The van der Waals surface area contributed by atoms with Gasteiger partial charge >= 0.3 is 6.03 Å². The van der Waals surface area contributed by atoms with Gasteiger partial charge in [-0.15, -0.1) is 0 Å². The zero-order valence-corrected chi connectivity index (χ0v) is 33.2. The van der Waals surface area contributed by atoms with Gasteiger partial charge in [0.05, 0.1) is 106 Å². The number of anilines is 1. The van der Waals surface area contributed by atoms with Crippen molar-refractivity contribution < 1.29 is 57.1 Å². The molecule has 2 aliphatic heterocycles. The monoisotopic (exact) mass is 821 g/mol. The SMILES string of the molecule is NCCOCCOCCOCCOCCOCCOCCOCCOCCc1cc(Cl)cc(NC(=O)NCc2ccc3c(c2)CN(C2CCC(=O)NC2=O)C3=O)c1. The van der Waals surface area contributed by atoms with Crippen LogP contribution in [0.25, 0.3) is 0 Å². The van der Waals surface area contributed by atoms with Crippen molar-refractivity contribution in [2.75, 3.05) is 118 Å². The lowest BCUT2D eigenvalue weighted by Gasteiger charge is -2.29. The van der Waals surface area contributed by atoms with E-state index in [1.807, 2.05) is 18.2 Å². The van der Waals surface area contributed by atoms with Crippen molar-refractivity contribution in [2.24, 2.45) is 5.73 Å². The fourth-order valence-corrected chi connectivity index (χ4v) is 6.13. The number of carbonyl (C=O) groups excluding carboxylic acids is 4. The van der Waals surface area contributed by atoms with Crippen LogP contribution in [0.2, 0.25) is 5.02 Å². The minimum absolute atomic E-state index is 0.192. The van der Waals surface area contributed by atoms with Gasteiger partial charge in [0.25, 0.3) is 5.91 Å². The molecule has 1 saturated heterocycles. The van der Waals surface area contributed by atoms with Crippen molar-refractivity contribution in [1.82, 2.24) is 15.5 Å². The molecule has 0 bridgehead atoms. The molecule has 4 rings (SSSR count). The highest BCUT2D eigenvalue weighted by Crippen LogP contribution is 2.28. The number of carbonyl (C=O) groups is 4. The quantitative estimate of drug-likeness (QED) is 0.0659. The minimum atomic E-state index is -0.682. The first kappa shape index (κ1) is 45.9. The van der Waals surface area contributed by atoms with Gasteiger partial charge in [-0.05, 0) is 53.8 Å². The molecular formula is C39H56ClN5O12. The number of nitrogens with two attached hydrogens (primary N) is 1. The second kappa shape index (κ2) is 27.0. The normalized spacial score (nSPS) is 15.2. The van der Waals surface area contributed by atoms with E-state index in [-0.39, 0.29) is 31.3 Å². The lowest BCUT2D eigenvalue weighted by molar-refractivity contribution is -0.136. The summed E-state index contributed by atoms with van der Waals surface area (Å²) < 4.78 is 43.8. The highest BCUT2D eigenvalue weighted by molar-refractivity contribution is 6.31. The number of benzene rings is 2. The molecular weight excluding hydrogens is 766 g/mol. The fraction of sp³-hybridized carbons (Fsp3) is 0.590. The van der Waals surface area contributed by atoms with Crippen LogP contribution in [0.1, 0.15) is 39.9 Å². The number of amides is 5. The van der Waals surface area contributed by atoms with Gasteiger partial charge in [-0.25, -0.2) is 4.79 Å². The highest BCUT2D eigenvalue weighted by atomic mass is 35.5. The Kier molecular flexibility index (Phi) is 21.8. The van der Waals surface area contributed by atoms with Gasteiger partial charge in [0.15, 0.2) is 0 Å². The summed E-state index contributed by atoms with van der Waals surface area (Å²) >= 11 is 6.32. The highest BCUT2D eigenvalue weighted by Gasteiger charge is 2.39. The number of hydrogen-bond donors (Lipinski definition) is 4. The fourth-order valence-electron chi connectivity index (χ4n) is 5.88. The van der Waals surface area contributed by atoms with E-state index in [2.05, 4.69) is 16.0 Å². The number of urea groups is 1. The summed E-state index contributed by atoms with van der Waals surface area (Å²) in [6, 6.07) is 9.53. The molecule has 0 saturated carbocycles. The maximum Gasteiger partial charge on any atom is 0.319 e. The average molecular weight is 822 g/mol. The van der Waals surface area contributed by atoms with Gasteiger partial charge in [0.2, 0.25) is 11.8 Å². The Balaban J connectivity index is 0.961. The van der Waals surface area contributed by atoms with Crippen LogP contribution in [0.5, 0.6) is 0 Å². The second-order valence-corrected chi connectivity index (χ2v) is 13.4. The Labute approximate surface area is 338 Å². The van der Waals surface area contributed by atoms with Crippen LogP contribution in [-0.2, 0) is 67.0 Å². The predicted octanol–water partition coefficient (Wildman–Crippen LogP) is 2.06. The van der Waals surface area contributed by atoms with Crippen LogP contribution >= 0.6 is 11.6 Å². The van der Waals surface area contributed by atoms with Gasteiger partial charge in [0, 0.05) is 42.3 Å². The molecule has 18 heteroatoms. The maximum absolute atomic E-state index is 12.9. The lowest BCUT2D eigenvalue weighted by Crippen LogP contribution is -2.52. The standard InChI is InChI=1S/C39H56ClN5O12/c40-32-24-29(5-7-50-9-11-52-13-15-54-17-19-56-21-22-57-20-18-55-16-14-53-12-10-51-8-6-41)25-33(26-32)43-39(49)42-27-30-1-2-34-31(23-30)28-45(38(34)48)35-3-4-36(46)44-37(35)47/h1-2,23-26,35H,3-22,27-28,41H2,(H2,42,43,49)(H,44,46,47). The molecule has 0 aromatic heterocycles.